The Morgan fingerprint density at radius 2 is 2.05 bits per heavy atom. The lowest BCUT2D eigenvalue weighted by Gasteiger charge is -2.25. The number of hydrogen-bond acceptors (Lipinski definition) is 4. The zero-order valence-corrected chi connectivity index (χ0v) is 12.8. The molecule has 2 fully saturated rings. The largest absolute Gasteiger partial charge is 0.368 e. The molecule has 5 nitrogen and oxygen atoms in total. The molecular weight excluding hydrogens is 280 g/mol. The minimum atomic E-state index is -0.523. The third kappa shape index (κ3) is 4.43. The van der Waals surface area contributed by atoms with Crippen LogP contribution in [0.2, 0.25) is 0 Å². The lowest BCUT2D eigenvalue weighted by atomic mass is 9.85. The Morgan fingerprint density at radius 1 is 1.40 bits per heavy atom. The van der Waals surface area contributed by atoms with E-state index in [1.54, 1.807) is 6.92 Å². The molecule has 2 aliphatic rings. The van der Waals surface area contributed by atoms with Gasteiger partial charge in [-0.2, -0.15) is 0 Å². The van der Waals surface area contributed by atoms with Crippen LogP contribution in [-0.4, -0.2) is 36.5 Å². The molecule has 1 saturated heterocycles. The van der Waals surface area contributed by atoms with Crippen molar-refractivity contribution in [3.05, 3.63) is 0 Å². The molecule has 0 radical (unpaired) electrons. The Balaban J connectivity index is 0.00000200. The van der Waals surface area contributed by atoms with E-state index in [4.69, 9.17) is 10.5 Å². The van der Waals surface area contributed by atoms with Crippen LogP contribution >= 0.6 is 12.4 Å². The van der Waals surface area contributed by atoms with Gasteiger partial charge in [0.25, 0.3) is 0 Å². The summed E-state index contributed by atoms with van der Waals surface area (Å²) in [6, 6.07) is -1.03. The molecule has 0 aromatic rings. The highest BCUT2D eigenvalue weighted by Gasteiger charge is 2.35. The molecule has 116 valence electrons. The second kappa shape index (κ2) is 7.96. The minimum absolute atomic E-state index is 0. The van der Waals surface area contributed by atoms with E-state index in [1.165, 1.54) is 32.1 Å². The maximum atomic E-state index is 12.0. The van der Waals surface area contributed by atoms with Crippen molar-refractivity contribution >= 4 is 24.1 Å². The van der Waals surface area contributed by atoms with Crippen LogP contribution in [0.1, 0.15) is 45.4 Å². The molecule has 3 atom stereocenters. The summed E-state index contributed by atoms with van der Waals surface area (Å²) in [6.07, 6.45) is 6.59. The summed E-state index contributed by atoms with van der Waals surface area (Å²) in [5.41, 5.74) is 5.95. The number of nitrogens with two attached hydrogens (primary N) is 1. The topological polar surface area (TPSA) is 81.4 Å². The number of ether oxygens (including phenoxy) is 1. The summed E-state index contributed by atoms with van der Waals surface area (Å²) in [6.45, 7) is 1.88. The Labute approximate surface area is 126 Å². The first-order valence-electron chi connectivity index (χ1n) is 7.28. The van der Waals surface area contributed by atoms with Gasteiger partial charge in [0.15, 0.2) is 5.78 Å². The van der Waals surface area contributed by atoms with Crippen LogP contribution < -0.4 is 11.1 Å². The van der Waals surface area contributed by atoms with Crippen LogP contribution in [0.15, 0.2) is 0 Å². The first-order valence-corrected chi connectivity index (χ1v) is 7.28. The van der Waals surface area contributed by atoms with Crippen molar-refractivity contribution in [1.29, 1.82) is 0 Å². The van der Waals surface area contributed by atoms with E-state index in [1.807, 2.05) is 0 Å². The molecule has 1 aliphatic heterocycles. The van der Waals surface area contributed by atoms with Gasteiger partial charge in [0.2, 0.25) is 5.91 Å². The highest BCUT2D eigenvalue weighted by molar-refractivity contribution is 5.93. The maximum Gasteiger partial charge on any atom is 0.237 e. The van der Waals surface area contributed by atoms with Crippen LogP contribution in [0.25, 0.3) is 0 Å². The normalized spacial score (nSPS) is 28.8. The summed E-state index contributed by atoms with van der Waals surface area (Å²) >= 11 is 0. The van der Waals surface area contributed by atoms with Gasteiger partial charge in [-0.25, -0.2) is 0 Å². The second-order valence-corrected chi connectivity index (χ2v) is 5.81. The average Bonchev–Trinajstić information content (AvgIpc) is 2.71. The number of Topliss-reactive ketones (excluding diaryl/α,β-unsaturated/α-hetero) is 1. The predicted octanol–water partition coefficient (Wildman–Crippen LogP) is 1.18. The standard InChI is InChI=1S/C14H24N2O3.ClH/c1-9-13(12(17)8-19-9)16-14(18)11(15)7-10-5-3-2-4-6-10;/h9-11,13H,2-8,15H2,1H3,(H,16,18);1H/t9-,11-,13-;/m0./s1. The van der Waals surface area contributed by atoms with Crippen LogP contribution in [-0.2, 0) is 14.3 Å². The fourth-order valence-electron chi connectivity index (χ4n) is 3.01. The van der Waals surface area contributed by atoms with Crippen molar-refractivity contribution in [3.8, 4) is 0 Å². The van der Waals surface area contributed by atoms with Crippen molar-refractivity contribution in [2.45, 2.75) is 63.6 Å². The molecule has 0 aromatic heterocycles. The van der Waals surface area contributed by atoms with E-state index < -0.39 is 12.1 Å². The second-order valence-electron chi connectivity index (χ2n) is 5.81. The van der Waals surface area contributed by atoms with Gasteiger partial charge in [0, 0.05) is 0 Å². The summed E-state index contributed by atoms with van der Waals surface area (Å²) in [5, 5.41) is 2.73. The van der Waals surface area contributed by atoms with Gasteiger partial charge in [0.1, 0.15) is 12.6 Å². The number of nitrogens with one attached hydrogen (secondary N) is 1. The monoisotopic (exact) mass is 304 g/mol. The molecule has 6 heteroatoms. The molecule has 0 aromatic carbocycles. The van der Waals surface area contributed by atoms with Gasteiger partial charge in [-0.05, 0) is 19.3 Å². The van der Waals surface area contributed by atoms with Gasteiger partial charge in [0.05, 0.1) is 12.1 Å². The van der Waals surface area contributed by atoms with Crippen molar-refractivity contribution in [2.24, 2.45) is 11.7 Å². The zero-order chi connectivity index (χ0) is 13.8. The number of hydrogen-bond donors (Lipinski definition) is 2. The summed E-state index contributed by atoms with van der Waals surface area (Å²) in [5.74, 6) is 0.273. The SMILES string of the molecule is C[C@@H]1OCC(=O)[C@H]1NC(=O)[C@@H](N)CC1CCCCC1.Cl. The third-order valence-corrected chi connectivity index (χ3v) is 4.25. The van der Waals surface area contributed by atoms with Crippen molar-refractivity contribution in [1.82, 2.24) is 5.32 Å². The summed E-state index contributed by atoms with van der Waals surface area (Å²) < 4.78 is 5.20. The molecule has 3 N–H and O–H groups in total. The third-order valence-electron chi connectivity index (χ3n) is 4.25. The lowest BCUT2D eigenvalue weighted by molar-refractivity contribution is -0.127. The number of carbonyl (C=O) groups excluding carboxylic acids is 2. The van der Waals surface area contributed by atoms with E-state index in [-0.39, 0.29) is 36.8 Å². The van der Waals surface area contributed by atoms with Crippen LogP contribution in [0.4, 0.5) is 0 Å². The highest BCUT2D eigenvalue weighted by Crippen LogP contribution is 2.27. The van der Waals surface area contributed by atoms with Crippen molar-refractivity contribution in [2.75, 3.05) is 6.61 Å². The Morgan fingerprint density at radius 3 is 2.60 bits per heavy atom. The number of rotatable bonds is 4. The quantitative estimate of drug-likeness (QED) is 0.817. The molecule has 20 heavy (non-hydrogen) atoms. The van der Waals surface area contributed by atoms with Crippen molar-refractivity contribution in [3.63, 3.8) is 0 Å². The Hall–Kier alpha value is -0.650. The molecule has 1 amide bonds. The molecule has 0 bridgehead atoms. The van der Waals surface area contributed by atoms with Gasteiger partial charge < -0.3 is 15.8 Å². The Kier molecular flexibility index (Phi) is 6.92. The first kappa shape index (κ1) is 17.4. The first-order chi connectivity index (χ1) is 9.08. The van der Waals surface area contributed by atoms with E-state index in [0.29, 0.717) is 5.92 Å². The van der Waals surface area contributed by atoms with Gasteiger partial charge >= 0.3 is 0 Å². The molecule has 2 rings (SSSR count). The number of carbonyl (C=O) groups is 2. The lowest BCUT2D eigenvalue weighted by Crippen LogP contribution is -2.50. The number of ketones is 1. The fourth-order valence-corrected chi connectivity index (χ4v) is 3.01. The minimum Gasteiger partial charge on any atom is -0.368 e. The summed E-state index contributed by atoms with van der Waals surface area (Å²) in [4.78, 5) is 23.6. The van der Waals surface area contributed by atoms with E-state index in [0.717, 1.165) is 6.42 Å². The van der Waals surface area contributed by atoms with E-state index in [2.05, 4.69) is 5.32 Å². The Bertz CT molecular complexity index is 345. The average molecular weight is 305 g/mol. The van der Waals surface area contributed by atoms with Crippen LogP contribution in [0, 0.1) is 5.92 Å². The number of amides is 1. The smallest absolute Gasteiger partial charge is 0.237 e. The zero-order valence-electron chi connectivity index (χ0n) is 12.0. The molecule has 1 aliphatic carbocycles. The molecule has 1 saturated carbocycles. The van der Waals surface area contributed by atoms with Gasteiger partial charge in [-0.3, -0.25) is 9.59 Å². The maximum absolute atomic E-state index is 12.0. The van der Waals surface area contributed by atoms with Crippen LogP contribution in [0.5, 0.6) is 0 Å². The molecule has 0 spiro atoms. The van der Waals surface area contributed by atoms with Crippen molar-refractivity contribution < 1.29 is 14.3 Å². The number of halogens is 1. The highest BCUT2D eigenvalue weighted by atomic mass is 35.5. The van der Waals surface area contributed by atoms with Crippen LogP contribution in [0.3, 0.4) is 0 Å². The van der Waals surface area contributed by atoms with E-state index >= 15 is 0 Å². The fraction of sp³-hybridized carbons (Fsp3) is 0.857. The summed E-state index contributed by atoms with van der Waals surface area (Å²) in [7, 11) is 0. The molecular formula is C14H25ClN2O3. The van der Waals surface area contributed by atoms with Gasteiger partial charge in [-0.15, -0.1) is 12.4 Å². The van der Waals surface area contributed by atoms with E-state index in [9.17, 15) is 9.59 Å². The molecule has 0 unspecified atom stereocenters. The van der Waals surface area contributed by atoms with Gasteiger partial charge in [-0.1, -0.05) is 32.1 Å². The molecule has 1 heterocycles. The predicted molar refractivity (Wildman–Crippen MR) is 78.8 cm³/mol.